The molecular formula is C13H16F3NOS. The van der Waals surface area contributed by atoms with Gasteiger partial charge in [0, 0.05) is 11.8 Å². The van der Waals surface area contributed by atoms with Crippen molar-refractivity contribution in [3.8, 4) is 0 Å². The van der Waals surface area contributed by atoms with Gasteiger partial charge in [-0.15, -0.1) is 0 Å². The lowest BCUT2D eigenvalue weighted by Crippen LogP contribution is -2.32. The van der Waals surface area contributed by atoms with Crippen LogP contribution in [0.4, 0.5) is 13.2 Å². The first-order valence-corrected chi connectivity index (χ1v) is 7.09. The molecule has 1 atom stereocenters. The number of ether oxygens (including phenoxy) is 1. The van der Waals surface area contributed by atoms with Crippen molar-refractivity contribution in [2.24, 2.45) is 0 Å². The van der Waals surface area contributed by atoms with E-state index in [2.05, 4.69) is 5.32 Å². The summed E-state index contributed by atoms with van der Waals surface area (Å²) in [6.45, 7) is 1.48. The summed E-state index contributed by atoms with van der Waals surface area (Å²) in [5, 5.41) is 3.55. The summed E-state index contributed by atoms with van der Waals surface area (Å²) in [4.78, 5) is 0. The monoisotopic (exact) mass is 291 g/mol. The van der Waals surface area contributed by atoms with Gasteiger partial charge in [-0.25, -0.2) is 0 Å². The highest BCUT2D eigenvalue weighted by molar-refractivity contribution is 8.00. The van der Waals surface area contributed by atoms with E-state index in [-0.39, 0.29) is 6.04 Å². The standard InChI is InChI=1S/C13H16F3NOS/c1-17-12(8-19-11-6-18-7-11)9-3-2-4-10(5-9)13(14,15)16/h2-5,11-12,17H,6-8H2,1H3. The van der Waals surface area contributed by atoms with Gasteiger partial charge in [0.05, 0.1) is 24.0 Å². The average molecular weight is 291 g/mol. The molecule has 0 bridgehead atoms. The third-order valence-corrected chi connectivity index (χ3v) is 4.34. The van der Waals surface area contributed by atoms with Gasteiger partial charge in [-0.3, -0.25) is 0 Å². The minimum absolute atomic E-state index is 0.0760. The van der Waals surface area contributed by atoms with Crippen molar-refractivity contribution in [3.63, 3.8) is 0 Å². The Labute approximate surface area is 114 Å². The summed E-state index contributed by atoms with van der Waals surface area (Å²) in [6.07, 6.45) is -4.29. The third kappa shape index (κ3) is 3.87. The fourth-order valence-electron chi connectivity index (χ4n) is 1.82. The van der Waals surface area contributed by atoms with Crippen LogP contribution in [0.25, 0.3) is 0 Å². The van der Waals surface area contributed by atoms with Crippen LogP contribution in [-0.4, -0.2) is 31.3 Å². The molecule has 0 amide bonds. The second-order valence-corrected chi connectivity index (χ2v) is 5.79. The zero-order valence-electron chi connectivity index (χ0n) is 10.5. The van der Waals surface area contributed by atoms with E-state index in [9.17, 15) is 13.2 Å². The minimum Gasteiger partial charge on any atom is -0.379 e. The number of hydrogen-bond donors (Lipinski definition) is 1. The zero-order chi connectivity index (χ0) is 13.9. The molecule has 1 aliphatic rings. The fraction of sp³-hybridized carbons (Fsp3) is 0.538. The summed E-state index contributed by atoms with van der Waals surface area (Å²) in [5.74, 6) is 0.742. The van der Waals surface area contributed by atoms with Crippen molar-refractivity contribution in [2.45, 2.75) is 17.5 Å². The van der Waals surface area contributed by atoms with Crippen molar-refractivity contribution in [3.05, 3.63) is 35.4 Å². The number of rotatable bonds is 5. The molecule has 19 heavy (non-hydrogen) atoms. The van der Waals surface area contributed by atoms with E-state index in [1.165, 1.54) is 12.1 Å². The van der Waals surface area contributed by atoms with Gasteiger partial charge in [-0.2, -0.15) is 24.9 Å². The Bertz CT molecular complexity index is 421. The zero-order valence-corrected chi connectivity index (χ0v) is 11.4. The second-order valence-electron chi connectivity index (χ2n) is 4.46. The van der Waals surface area contributed by atoms with Crippen LogP contribution < -0.4 is 5.32 Å². The fourth-order valence-corrected chi connectivity index (χ4v) is 3.03. The molecule has 0 spiro atoms. The summed E-state index contributed by atoms with van der Waals surface area (Å²) < 4.78 is 43.1. The molecule has 1 aromatic carbocycles. The molecule has 2 nitrogen and oxygen atoms in total. The predicted molar refractivity (Wildman–Crippen MR) is 70.3 cm³/mol. The molecule has 1 unspecified atom stereocenters. The van der Waals surface area contributed by atoms with Crippen LogP contribution in [0, 0.1) is 0 Å². The first kappa shape index (κ1) is 14.7. The highest BCUT2D eigenvalue weighted by atomic mass is 32.2. The highest BCUT2D eigenvalue weighted by Crippen LogP contribution is 2.32. The molecule has 1 N–H and O–H groups in total. The van der Waals surface area contributed by atoms with E-state index in [0.29, 0.717) is 10.8 Å². The Morgan fingerprint density at radius 3 is 2.68 bits per heavy atom. The molecule has 1 fully saturated rings. The molecule has 0 radical (unpaired) electrons. The highest BCUT2D eigenvalue weighted by Gasteiger charge is 2.31. The molecular weight excluding hydrogens is 275 g/mol. The van der Waals surface area contributed by atoms with Gasteiger partial charge in [0.25, 0.3) is 0 Å². The molecule has 6 heteroatoms. The van der Waals surface area contributed by atoms with Crippen LogP contribution in [0.5, 0.6) is 0 Å². The minimum atomic E-state index is -4.29. The van der Waals surface area contributed by atoms with Crippen LogP contribution in [0.15, 0.2) is 24.3 Å². The Balaban J connectivity index is 2.04. The second kappa shape index (κ2) is 6.15. The van der Waals surface area contributed by atoms with E-state index < -0.39 is 11.7 Å². The summed E-state index contributed by atoms with van der Waals surface area (Å²) in [5.41, 5.74) is 0.0762. The number of benzene rings is 1. The van der Waals surface area contributed by atoms with Gasteiger partial charge in [-0.1, -0.05) is 12.1 Å². The van der Waals surface area contributed by atoms with Crippen LogP contribution in [0.1, 0.15) is 17.2 Å². The van der Waals surface area contributed by atoms with Gasteiger partial charge in [0.15, 0.2) is 0 Å². The van der Waals surface area contributed by atoms with E-state index in [1.54, 1.807) is 24.9 Å². The molecule has 106 valence electrons. The lowest BCUT2D eigenvalue weighted by molar-refractivity contribution is -0.137. The average Bonchev–Trinajstić information content (AvgIpc) is 2.31. The van der Waals surface area contributed by atoms with Crippen molar-refractivity contribution in [1.82, 2.24) is 5.32 Å². The van der Waals surface area contributed by atoms with E-state index in [0.717, 1.165) is 25.0 Å². The van der Waals surface area contributed by atoms with E-state index in [1.807, 2.05) is 0 Å². The molecule has 1 aliphatic heterocycles. The number of nitrogens with one attached hydrogen (secondary N) is 1. The van der Waals surface area contributed by atoms with Gasteiger partial charge in [0.1, 0.15) is 0 Å². The van der Waals surface area contributed by atoms with Gasteiger partial charge < -0.3 is 10.1 Å². The Kier molecular flexibility index (Phi) is 4.76. The lowest BCUT2D eigenvalue weighted by atomic mass is 10.1. The maximum atomic E-state index is 12.7. The SMILES string of the molecule is CNC(CSC1COC1)c1cccc(C(F)(F)F)c1. The molecule has 1 heterocycles. The van der Waals surface area contributed by atoms with Gasteiger partial charge in [-0.05, 0) is 24.7 Å². The van der Waals surface area contributed by atoms with E-state index >= 15 is 0 Å². The normalized spacial score (nSPS) is 18.1. The van der Waals surface area contributed by atoms with Crippen molar-refractivity contribution in [1.29, 1.82) is 0 Å². The van der Waals surface area contributed by atoms with Crippen LogP contribution in [0.3, 0.4) is 0 Å². The van der Waals surface area contributed by atoms with Crippen LogP contribution >= 0.6 is 11.8 Å². The molecule has 0 saturated carbocycles. The molecule has 0 aliphatic carbocycles. The Morgan fingerprint density at radius 1 is 1.42 bits per heavy atom. The topological polar surface area (TPSA) is 21.3 Å². The van der Waals surface area contributed by atoms with E-state index in [4.69, 9.17) is 4.74 Å². The van der Waals surface area contributed by atoms with Crippen molar-refractivity contribution < 1.29 is 17.9 Å². The summed E-state index contributed by atoms with van der Waals surface area (Å²) >= 11 is 1.74. The summed E-state index contributed by atoms with van der Waals surface area (Å²) in [6, 6.07) is 5.43. The number of alkyl halides is 3. The lowest BCUT2D eigenvalue weighted by Gasteiger charge is -2.27. The van der Waals surface area contributed by atoms with Gasteiger partial charge in [0.2, 0.25) is 0 Å². The first-order valence-electron chi connectivity index (χ1n) is 6.04. The number of halogens is 3. The largest absolute Gasteiger partial charge is 0.416 e. The molecule has 1 saturated heterocycles. The van der Waals surface area contributed by atoms with Crippen LogP contribution in [0.2, 0.25) is 0 Å². The van der Waals surface area contributed by atoms with Crippen molar-refractivity contribution >= 4 is 11.8 Å². The van der Waals surface area contributed by atoms with Gasteiger partial charge >= 0.3 is 6.18 Å². The number of hydrogen-bond acceptors (Lipinski definition) is 3. The molecule has 2 rings (SSSR count). The van der Waals surface area contributed by atoms with Crippen LogP contribution in [-0.2, 0) is 10.9 Å². The van der Waals surface area contributed by atoms with Crippen molar-refractivity contribution in [2.75, 3.05) is 26.0 Å². The summed E-state index contributed by atoms with van der Waals surface area (Å²) in [7, 11) is 1.77. The third-order valence-electron chi connectivity index (χ3n) is 3.07. The smallest absolute Gasteiger partial charge is 0.379 e. The quantitative estimate of drug-likeness (QED) is 0.901. The predicted octanol–water partition coefficient (Wildman–Crippen LogP) is 3.10. The first-order chi connectivity index (χ1) is 9.00. The maximum Gasteiger partial charge on any atom is 0.416 e. The maximum absolute atomic E-state index is 12.7. The molecule has 1 aromatic rings. The molecule has 0 aromatic heterocycles. The Hall–Kier alpha value is -0.720. The number of thioether (sulfide) groups is 1. The Morgan fingerprint density at radius 2 is 2.16 bits per heavy atom.